The summed E-state index contributed by atoms with van der Waals surface area (Å²) in [6, 6.07) is 9.71. The summed E-state index contributed by atoms with van der Waals surface area (Å²) >= 11 is 0. The first kappa shape index (κ1) is 25.8. The maximum atomic E-state index is 13.7. The van der Waals surface area contributed by atoms with Gasteiger partial charge in [0.25, 0.3) is 0 Å². The molecule has 0 amide bonds. The maximum absolute atomic E-state index is 13.7. The monoisotopic (exact) mass is 514 g/mol. The molecule has 0 spiro atoms. The average Bonchev–Trinajstić information content (AvgIpc) is 3.27. The number of aldehydes is 1. The molecule has 2 bridgehead atoms. The van der Waals surface area contributed by atoms with E-state index < -0.39 is 37.6 Å². The lowest BCUT2D eigenvalue weighted by Crippen LogP contribution is -2.69. The SMILES string of the molecule is COC(=O)[C@]12CO[C@@H]3[C@@H]1[C@@](CC=O)(C=C[C@H]3O[Si](C)(C)C(C)(C)C)[C@@H]1C[C@H]2O[C@H](c2ccccc2)O1. The molecule has 1 saturated carbocycles. The summed E-state index contributed by atoms with van der Waals surface area (Å²) in [5.74, 6) is -0.730. The number of carbonyl (C=O) groups is 2. The number of ether oxygens (including phenoxy) is 4. The van der Waals surface area contributed by atoms with Gasteiger partial charge in [0.1, 0.15) is 11.7 Å². The molecule has 3 fully saturated rings. The molecule has 4 aliphatic rings. The quantitative estimate of drug-likeness (QED) is 0.238. The third-order valence-corrected chi connectivity index (χ3v) is 13.9. The lowest BCUT2D eigenvalue weighted by Gasteiger charge is -2.61. The zero-order chi connectivity index (χ0) is 25.9. The third-order valence-electron chi connectivity index (χ3n) is 9.39. The molecule has 0 N–H and O–H groups in total. The van der Waals surface area contributed by atoms with Crippen molar-refractivity contribution in [2.24, 2.45) is 16.7 Å². The van der Waals surface area contributed by atoms with Crippen LogP contribution in [0.4, 0.5) is 0 Å². The summed E-state index contributed by atoms with van der Waals surface area (Å²) < 4.78 is 31.8. The van der Waals surface area contributed by atoms with E-state index in [9.17, 15) is 9.59 Å². The Morgan fingerprint density at radius 2 is 1.86 bits per heavy atom. The van der Waals surface area contributed by atoms with E-state index >= 15 is 0 Å². The molecular formula is C28H38O7Si. The molecule has 0 radical (unpaired) electrons. The predicted molar refractivity (Wildman–Crippen MR) is 136 cm³/mol. The van der Waals surface area contributed by atoms with Crippen LogP contribution in [0.2, 0.25) is 18.1 Å². The number of hydrogen-bond acceptors (Lipinski definition) is 7. The van der Waals surface area contributed by atoms with Gasteiger partial charge in [-0.2, -0.15) is 0 Å². The van der Waals surface area contributed by atoms with Crippen molar-refractivity contribution in [2.75, 3.05) is 13.7 Å². The highest BCUT2D eigenvalue weighted by Crippen LogP contribution is 2.65. The second-order valence-corrected chi connectivity index (χ2v) is 17.0. The minimum Gasteiger partial charge on any atom is -0.468 e. The molecule has 1 aromatic rings. The second-order valence-electron chi connectivity index (χ2n) is 12.2. The van der Waals surface area contributed by atoms with Crippen LogP contribution in [0.3, 0.4) is 0 Å². The topological polar surface area (TPSA) is 80.3 Å². The van der Waals surface area contributed by atoms with E-state index in [1.807, 2.05) is 30.3 Å². The van der Waals surface area contributed by atoms with E-state index in [-0.39, 0.29) is 42.2 Å². The molecule has 2 saturated heterocycles. The Kier molecular flexibility index (Phi) is 6.36. The Balaban J connectivity index is 1.62. The zero-order valence-corrected chi connectivity index (χ0v) is 23.1. The maximum Gasteiger partial charge on any atom is 0.317 e. The third kappa shape index (κ3) is 3.68. The highest BCUT2D eigenvalue weighted by atomic mass is 28.4. The normalized spacial score (nSPS) is 39.4. The summed E-state index contributed by atoms with van der Waals surface area (Å²) in [5, 5.41) is 0.00835. The summed E-state index contributed by atoms with van der Waals surface area (Å²) in [4.78, 5) is 25.8. The molecule has 196 valence electrons. The largest absolute Gasteiger partial charge is 0.468 e. The minimum atomic E-state index is -2.15. The fraction of sp³-hybridized carbons (Fsp3) is 0.643. The fourth-order valence-corrected chi connectivity index (χ4v) is 7.80. The van der Waals surface area contributed by atoms with Gasteiger partial charge in [-0.05, 0) is 18.1 Å². The van der Waals surface area contributed by atoms with Crippen LogP contribution in [0, 0.1) is 16.7 Å². The smallest absolute Gasteiger partial charge is 0.317 e. The van der Waals surface area contributed by atoms with Crippen molar-refractivity contribution in [3.63, 3.8) is 0 Å². The number of hydrogen-bond donors (Lipinski definition) is 0. The van der Waals surface area contributed by atoms with Crippen molar-refractivity contribution in [3.05, 3.63) is 48.0 Å². The number of esters is 1. The van der Waals surface area contributed by atoms with Gasteiger partial charge in [0, 0.05) is 29.7 Å². The van der Waals surface area contributed by atoms with E-state index in [1.165, 1.54) is 7.11 Å². The van der Waals surface area contributed by atoms with Crippen molar-refractivity contribution in [1.82, 2.24) is 0 Å². The number of rotatable bonds is 6. The van der Waals surface area contributed by atoms with Crippen LogP contribution in [-0.2, 0) is 33.0 Å². The van der Waals surface area contributed by atoms with Crippen molar-refractivity contribution >= 4 is 20.6 Å². The first-order chi connectivity index (χ1) is 17.0. The van der Waals surface area contributed by atoms with Crippen molar-refractivity contribution < 1.29 is 33.0 Å². The number of carbonyl (C=O) groups excluding carboxylic acids is 2. The highest BCUT2D eigenvalue weighted by Gasteiger charge is 2.74. The summed E-state index contributed by atoms with van der Waals surface area (Å²) in [6.45, 7) is 11.2. The van der Waals surface area contributed by atoms with Crippen LogP contribution >= 0.6 is 0 Å². The van der Waals surface area contributed by atoms with Gasteiger partial charge in [-0.1, -0.05) is 63.3 Å². The Bertz CT molecular complexity index is 1030. The van der Waals surface area contributed by atoms with Gasteiger partial charge in [-0.25, -0.2) is 0 Å². The number of fused-ring (bicyclic) bond motifs is 4. The summed E-state index contributed by atoms with van der Waals surface area (Å²) in [6.07, 6.45) is 3.61. The molecule has 5 rings (SSSR count). The first-order valence-corrected chi connectivity index (χ1v) is 15.8. The van der Waals surface area contributed by atoms with Crippen LogP contribution in [0.25, 0.3) is 0 Å². The number of methoxy groups -OCH3 is 1. The van der Waals surface area contributed by atoms with Crippen LogP contribution in [0.15, 0.2) is 42.5 Å². The van der Waals surface area contributed by atoms with E-state index in [4.69, 9.17) is 23.4 Å². The van der Waals surface area contributed by atoms with E-state index in [0.29, 0.717) is 6.42 Å². The van der Waals surface area contributed by atoms with Gasteiger partial charge in [-0.15, -0.1) is 0 Å². The second kappa shape index (κ2) is 8.87. The molecule has 7 nitrogen and oxygen atoms in total. The predicted octanol–water partition coefficient (Wildman–Crippen LogP) is 4.58. The van der Waals surface area contributed by atoms with E-state index in [2.05, 4.69) is 46.0 Å². The van der Waals surface area contributed by atoms with Crippen molar-refractivity contribution in [1.29, 1.82) is 0 Å². The van der Waals surface area contributed by atoms with Gasteiger partial charge in [-0.3, -0.25) is 4.79 Å². The van der Waals surface area contributed by atoms with E-state index in [0.717, 1.165) is 11.8 Å². The van der Waals surface area contributed by atoms with E-state index in [1.54, 1.807) is 0 Å². The minimum absolute atomic E-state index is 0.00835. The molecular weight excluding hydrogens is 476 g/mol. The number of benzene rings is 1. The van der Waals surface area contributed by atoms with Crippen LogP contribution in [-0.4, -0.2) is 58.7 Å². The van der Waals surface area contributed by atoms with Gasteiger partial charge in [0.05, 0.1) is 38.1 Å². The molecule has 0 unspecified atom stereocenters. The Hall–Kier alpha value is -1.84. The van der Waals surface area contributed by atoms with Crippen molar-refractivity contribution in [2.45, 2.75) is 82.5 Å². The van der Waals surface area contributed by atoms with Crippen LogP contribution < -0.4 is 0 Å². The van der Waals surface area contributed by atoms with Crippen molar-refractivity contribution in [3.8, 4) is 0 Å². The molecule has 1 aromatic carbocycles. The molecule has 8 atom stereocenters. The summed E-state index contributed by atoms with van der Waals surface area (Å²) in [7, 11) is -0.743. The lowest BCUT2D eigenvalue weighted by atomic mass is 9.48. The first-order valence-electron chi connectivity index (χ1n) is 12.9. The molecule has 2 aliphatic carbocycles. The fourth-order valence-electron chi connectivity index (χ4n) is 6.55. The van der Waals surface area contributed by atoms with Gasteiger partial charge in [0.15, 0.2) is 14.6 Å². The molecule has 2 heterocycles. The van der Waals surface area contributed by atoms with Crippen LogP contribution in [0.5, 0.6) is 0 Å². The molecule has 36 heavy (non-hydrogen) atoms. The molecule has 0 aromatic heterocycles. The van der Waals surface area contributed by atoms with Gasteiger partial charge < -0.3 is 28.2 Å². The van der Waals surface area contributed by atoms with Gasteiger partial charge in [0.2, 0.25) is 0 Å². The van der Waals surface area contributed by atoms with Crippen LogP contribution in [0.1, 0.15) is 45.5 Å². The Labute approximate surface area is 214 Å². The highest BCUT2D eigenvalue weighted by molar-refractivity contribution is 6.74. The lowest BCUT2D eigenvalue weighted by molar-refractivity contribution is -0.325. The molecule has 8 heteroatoms. The Morgan fingerprint density at radius 3 is 2.50 bits per heavy atom. The summed E-state index contributed by atoms with van der Waals surface area (Å²) in [5.41, 5.74) is -0.908. The average molecular weight is 515 g/mol. The zero-order valence-electron chi connectivity index (χ0n) is 22.1. The molecule has 2 aliphatic heterocycles. The van der Waals surface area contributed by atoms with Gasteiger partial charge >= 0.3 is 5.97 Å². The Morgan fingerprint density at radius 1 is 1.17 bits per heavy atom. The standard InChI is InChI=1S/C28H38O7Si/c1-26(2,3)36(5,6)35-19-12-13-27(14-15-29)20-16-21(34-24(33-20)18-10-8-7-9-11-18)28(25(30)31-4)17-32-22(19)23(27)28/h7-13,15,19-24H,14,16-17H2,1-6H3/t19-,20+,21-,22+,23-,24-,27-,28+/m1/s1.